The fraction of sp³-hybridized carbons (Fsp3) is 0.269. The van der Waals surface area contributed by atoms with Gasteiger partial charge < -0.3 is 59.0 Å². The van der Waals surface area contributed by atoms with Crippen LogP contribution < -0.4 is 49.1 Å². The first-order valence-electron chi connectivity index (χ1n) is 41.0. The highest BCUT2D eigenvalue weighted by molar-refractivity contribution is 7.90. The Balaban J connectivity index is 0.000000191. The summed E-state index contributed by atoms with van der Waals surface area (Å²) in [6.45, 7) is 13.8. The van der Waals surface area contributed by atoms with Crippen LogP contribution in [0, 0.1) is 47.4 Å². The van der Waals surface area contributed by atoms with Gasteiger partial charge in [-0.15, -0.1) is 0 Å². The maximum absolute atomic E-state index is 14.1. The summed E-state index contributed by atoms with van der Waals surface area (Å²) in [4.78, 5) is 85.4. The molecule has 0 spiro atoms. The number of nitrogens with one attached hydrogen (secondary N) is 9. The summed E-state index contributed by atoms with van der Waals surface area (Å²) >= 11 is 37.2. The molecule has 8 aromatic carbocycles. The second-order valence-corrected chi connectivity index (χ2v) is 38.7. The number of methoxy groups -OCH3 is 1. The summed E-state index contributed by atoms with van der Waals surface area (Å²) in [6.07, 6.45) is 6.37. The predicted molar refractivity (Wildman–Crippen MR) is 508 cm³/mol. The van der Waals surface area contributed by atoms with Crippen LogP contribution in [0.4, 0.5) is 4.39 Å². The number of H-pyrrole nitrogens is 3. The van der Waals surface area contributed by atoms with Gasteiger partial charge in [-0.25, -0.2) is 43.8 Å². The van der Waals surface area contributed by atoms with Crippen molar-refractivity contribution in [1.29, 1.82) is 0 Å². The van der Waals surface area contributed by atoms with Crippen LogP contribution in [-0.2, 0) is 67.2 Å². The molecule has 0 fully saturated rings. The standard InChI is InChI=1S/C35H36Cl2N4O6S.C34H33Cl2FN4O5S.C24H27Cl2N3O5S/c1-22-17-27(18-23(2)32(22)37)47-15-6-9-29-28-12-11-25(36)20-30(28)39-33(29)35(43)40-48(44,45)16-13-38-34(42)31-10-5-14-41(31)21-24-7-4-8-26(19-24)46-3;1-21-17-25(18-22(2)31(21)36)46-15-6-8-27-26-12-11-24(35)19-29(26)39-32(27)34(43)40-47(44,45)16-13-38-33(42)30-10-5-14-41(30)20-23-7-3-4-9-28(23)37;1-14-11-18(12-15(2)22(14)26)34-9-4-5-20-19-7-6-17(25)13-21(19)28-23(20)24(31)29-35(32,33)10-8-27-16(3)30/h4-5,7-8,10-12,14,17-20,39H,6,9,13,15-16,21H2,1-3H3,(H,38,42)(H,40,43);3-5,7,9-12,14,17-19,39H,6,8,13,15-16,20H2,1-2H3,(H,38,42)(H,40,43);6-7,11-13,28H,4-5,8-10H2,1-3H3,(H,27,30)(H,29,31). The second-order valence-electron chi connectivity index (χ2n) is 30.7. The van der Waals surface area contributed by atoms with Crippen LogP contribution in [-0.4, -0.2) is 149 Å². The van der Waals surface area contributed by atoms with Crippen molar-refractivity contribution in [3.8, 4) is 23.0 Å². The molecular formula is C93H96Cl6FN11O16S3. The van der Waals surface area contributed by atoms with Gasteiger partial charge in [0.25, 0.3) is 29.5 Å². The quantitative estimate of drug-likeness (QED) is 0.0163. The van der Waals surface area contributed by atoms with Crippen molar-refractivity contribution >= 4 is 168 Å². The zero-order valence-corrected chi connectivity index (χ0v) is 79.0. The molecule has 686 valence electrons. The molecule has 0 atom stereocenters. The molecule has 0 saturated heterocycles. The minimum atomic E-state index is -4.15. The lowest BCUT2D eigenvalue weighted by molar-refractivity contribution is -0.118. The molecule has 0 aliphatic rings. The SMILES string of the molecule is CC(=O)NCCS(=O)(=O)NC(=O)c1[nH]c2cc(Cl)ccc2c1CCCOc1cc(C)c(Cl)c(C)c1.COc1cccc(Cn2cccc2C(=O)NCCS(=O)(=O)NC(=O)c2[nH]c3cc(Cl)ccc3c2CCCOc2cc(C)c(Cl)c(C)c2)c1.Cc1cc(OCCCc2c(C(=O)NS(=O)(=O)CCNC(=O)c3cccn3Cc3ccccc3F)[nH]c3cc(Cl)ccc23)cc(C)c1Cl. The van der Waals surface area contributed by atoms with Crippen LogP contribution >= 0.6 is 69.6 Å². The van der Waals surface area contributed by atoms with Crippen LogP contribution in [0.2, 0.25) is 30.1 Å². The fourth-order valence-electron chi connectivity index (χ4n) is 14.5. The lowest BCUT2D eigenvalue weighted by Crippen LogP contribution is -2.38. The van der Waals surface area contributed by atoms with Crippen molar-refractivity contribution in [1.82, 2.24) is 54.2 Å². The molecular weight excluding hydrogens is 1860 g/mol. The Morgan fingerprint density at radius 2 is 0.738 bits per heavy atom. The number of benzene rings is 8. The molecule has 0 bridgehead atoms. The number of hydrogen-bond donors (Lipinski definition) is 9. The van der Waals surface area contributed by atoms with E-state index in [0.29, 0.717) is 163 Å². The van der Waals surface area contributed by atoms with Gasteiger partial charge in [0, 0.05) is 114 Å². The van der Waals surface area contributed by atoms with Crippen LogP contribution in [0.3, 0.4) is 0 Å². The Kier molecular flexibility index (Phi) is 34.2. The number of aryl methyl sites for hydroxylation is 9. The van der Waals surface area contributed by atoms with Crippen molar-refractivity contribution in [2.24, 2.45) is 0 Å². The van der Waals surface area contributed by atoms with Crippen LogP contribution in [0.15, 0.2) is 176 Å². The molecule has 5 aromatic heterocycles. The average molecular weight is 1950 g/mol. The van der Waals surface area contributed by atoms with Gasteiger partial charge in [-0.3, -0.25) is 28.8 Å². The maximum atomic E-state index is 14.1. The molecule has 0 aliphatic carbocycles. The molecule has 27 nitrogen and oxygen atoms in total. The molecule has 5 heterocycles. The van der Waals surface area contributed by atoms with Crippen molar-refractivity contribution in [3.63, 3.8) is 0 Å². The minimum Gasteiger partial charge on any atom is -0.497 e. The summed E-state index contributed by atoms with van der Waals surface area (Å²) in [7, 11) is -10.6. The topological polar surface area (TPSA) is 371 Å². The largest absolute Gasteiger partial charge is 0.497 e. The molecule has 0 saturated carbocycles. The zero-order valence-electron chi connectivity index (χ0n) is 72.1. The highest BCUT2D eigenvalue weighted by atomic mass is 35.5. The Morgan fingerprint density at radius 1 is 0.392 bits per heavy atom. The van der Waals surface area contributed by atoms with Crippen LogP contribution in [0.1, 0.15) is 140 Å². The first kappa shape index (κ1) is 99.1. The minimum absolute atomic E-state index is 0.0963. The number of amides is 6. The summed E-state index contributed by atoms with van der Waals surface area (Å²) in [5.41, 5.74) is 11.5. The number of carbonyl (C=O) groups is 6. The number of aromatic nitrogens is 5. The lowest BCUT2D eigenvalue weighted by Gasteiger charge is -2.12. The Labute approximate surface area is 782 Å². The monoisotopic (exact) mass is 1950 g/mol. The van der Waals surface area contributed by atoms with Crippen molar-refractivity contribution in [2.45, 2.75) is 100 Å². The summed E-state index contributed by atoms with van der Waals surface area (Å²) < 4.78 is 123. The highest BCUT2D eigenvalue weighted by Crippen LogP contribution is 2.34. The van der Waals surface area contributed by atoms with Crippen LogP contribution in [0.5, 0.6) is 23.0 Å². The van der Waals surface area contributed by atoms with Crippen molar-refractivity contribution in [3.05, 3.63) is 302 Å². The second kappa shape index (κ2) is 44.9. The van der Waals surface area contributed by atoms with Crippen molar-refractivity contribution in [2.75, 3.05) is 63.8 Å². The van der Waals surface area contributed by atoms with Gasteiger partial charge in [0.05, 0.1) is 50.7 Å². The van der Waals surface area contributed by atoms with Gasteiger partial charge in [-0.2, -0.15) is 0 Å². The summed E-state index contributed by atoms with van der Waals surface area (Å²) in [5.74, 6) is -2.82. The van der Waals surface area contributed by atoms with Gasteiger partial charge in [-0.1, -0.05) is 118 Å². The highest BCUT2D eigenvalue weighted by Gasteiger charge is 2.28. The lowest BCUT2D eigenvalue weighted by atomic mass is 10.1. The molecule has 130 heavy (non-hydrogen) atoms. The maximum Gasteiger partial charge on any atom is 0.281 e. The Bertz CT molecular complexity index is 6680. The number of sulfonamides is 3. The van der Waals surface area contributed by atoms with E-state index < -0.39 is 82.7 Å². The summed E-state index contributed by atoms with van der Waals surface area (Å²) in [5, 5.41) is 13.4. The molecule has 13 aromatic rings. The molecule has 0 radical (unpaired) electrons. The zero-order chi connectivity index (χ0) is 93.9. The normalized spacial score (nSPS) is 11.5. The van der Waals surface area contributed by atoms with Crippen LogP contribution in [0.25, 0.3) is 32.7 Å². The first-order chi connectivity index (χ1) is 61.8. The molecule has 0 aliphatic heterocycles. The van der Waals surface area contributed by atoms with E-state index in [-0.39, 0.29) is 54.9 Å². The van der Waals surface area contributed by atoms with Gasteiger partial charge in [0.15, 0.2) is 0 Å². The third-order valence-corrected chi connectivity index (χ3v) is 27.0. The smallest absolute Gasteiger partial charge is 0.281 e. The Morgan fingerprint density at radius 3 is 1.08 bits per heavy atom. The number of hydrogen-bond acceptors (Lipinski definition) is 16. The van der Waals surface area contributed by atoms with E-state index in [1.807, 2.05) is 102 Å². The third kappa shape index (κ3) is 27.1. The van der Waals surface area contributed by atoms with E-state index in [1.165, 1.54) is 13.0 Å². The molecule has 9 N–H and O–H groups in total. The van der Waals surface area contributed by atoms with E-state index in [1.54, 1.807) is 126 Å². The average Bonchev–Trinajstić information content (AvgIpc) is 1.65. The third-order valence-electron chi connectivity index (χ3n) is 20.7. The molecule has 0 unspecified atom stereocenters. The number of nitrogens with zero attached hydrogens (tertiary/aromatic N) is 2. The van der Waals surface area contributed by atoms with Gasteiger partial charge in [0.1, 0.15) is 57.3 Å². The molecule has 37 heteroatoms. The number of fused-ring (bicyclic) bond motifs is 3. The fourth-order valence-corrected chi connectivity index (χ4v) is 17.9. The van der Waals surface area contributed by atoms with E-state index >= 15 is 0 Å². The van der Waals surface area contributed by atoms with Gasteiger partial charge in [-0.05, 0) is 251 Å². The van der Waals surface area contributed by atoms with E-state index in [0.717, 1.165) is 55.1 Å². The van der Waals surface area contributed by atoms with E-state index in [2.05, 4.69) is 45.1 Å². The number of halogens is 7. The van der Waals surface area contributed by atoms with Gasteiger partial charge in [0.2, 0.25) is 36.0 Å². The van der Waals surface area contributed by atoms with Gasteiger partial charge >= 0.3 is 0 Å². The first-order valence-corrected chi connectivity index (χ1v) is 48.3. The molecule has 6 amide bonds. The Hall–Kier alpha value is -11.5. The van der Waals surface area contributed by atoms with E-state index in [4.69, 9.17) is 88.6 Å². The number of carbonyl (C=O) groups excluding carboxylic acids is 6. The number of rotatable bonds is 37. The van der Waals surface area contributed by atoms with E-state index in [9.17, 15) is 58.4 Å². The number of aromatic amines is 3. The predicted octanol–water partition coefficient (Wildman–Crippen LogP) is 17.3. The summed E-state index contributed by atoms with van der Waals surface area (Å²) in [6, 6.07) is 47.0. The molecule has 13 rings (SSSR count). The van der Waals surface area contributed by atoms with Crippen molar-refractivity contribution < 1.29 is 77.4 Å². The number of ether oxygens (including phenoxy) is 4.